The molecule has 1 atom stereocenters. The van der Waals surface area contributed by atoms with E-state index in [0.29, 0.717) is 24.4 Å². The zero-order chi connectivity index (χ0) is 27.5. The average molecular weight is 542 g/mol. The van der Waals surface area contributed by atoms with E-state index < -0.39 is 6.04 Å². The van der Waals surface area contributed by atoms with Gasteiger partial charge in [-0.25, -0.2) is 4.68 Å². The highest BCUT2D eigenvalue weighted by Gasteiger charge is 2.39. The van der Waals surface area contributed by atoms with Gasteiger partial charge in [0.15, 0.2) is 0 Å². The van der Waals surface area contributed by atoms with Gasteiger partial charge in [0.1, 0.15) is 11.8 Å². The smallest absolute Gasteiger partial charge is 0.255 e. The quantitative estimate of drug-likeness (QED) is 0.477. The Morgan fingerprint density at radius 1 is 0.925 bits per heavy atom. The maximum Gasteiger partial charge on any atom is 0.255 e. The maximum atomic E-state index is 12.6. The van der Waals surface area contributed by atoms with Gasteiger partial charge in [0.05, 0.1) is 11.8 Å². The second kappa shape index (κ2) is 11.6. The van der Waals surface area contributed by atoms with Crippen molar-refractivity contribution < 1.29 is 19.1 Å². The van der Waals surface area contributed by atoms with Gasteiger partial charge in [-0.1, -0.05) is 18.6 Å². The Kier molecular flexibility index (Phi) is 7.64. The largest absolute Gasteiger partial charge is 0.490 e. The van der Waals surface area contributed by atoms with Crippen molar-refractivity contribution in [3.63, 3.8) is 0 Å². The molecule has 9 nitrogen and oxygen atoms in total. The molecule has 3 aliphatic heterocycles. The Labute approximate surface area is 233 Å². The molecule has 1 saturated carbocycles. The van der Waals surface area contributed by atoms with E-state index in [2.05, 4.69) is 40.0 Å². The summed E-state index contributed by atoms with van der Waals surface area (Å²) in [5.41, 5.74) is 4.06. The van der Waals surface area contributed by atoms with Gasteiger partial charge in [-0.15, -0.1) is 0 Å². The number of amides is 3. The third-order valence-corrected chi connectivity index (χ3v) is 8.26. The van der Waals surface area contributed by atoms with E-state index in [9.17, 15) is 14.4 Å². The van der Waals surface area contributed by atoms with Crippen LogP contribution in [-0.2, 0) is 16.1 Å². The van der Waals surface area contributed by atoms with Gasteiger partial charge < -0.3 is 15.0 Å². The van der Waals surface area contributed by atoms with Crippen LogP contribution in [0.2, 0.25) is 0 Å². The summed E-state index contributed by atoms with van der Waals surface area (Å²) in [6.07, 6.45) is 10.5. The first kappa shape index (κ1) is 26.3. The fraction of sp³-hybridized carbons (Fsp3) is 0.419. The number of aromatic nitrogens is 2. The van der Waals surface area contributed by atoms with Gasteiger partial charge in [-0.3, -0.25) is 19.7 Å². The number of imide groups is 1. The van der Waals surface area contributed by atoms with E-state index in [4.69, 9.17) is 4.74 Å². The van der Waals surface area contributed by atoms with Gasteiger partial charge in [0.25, 0.3) is 5.91 Å². The highest BCUT2D eigenvalue weighted by molar-refractivity contribution is 6.05. The molecule has 4 heterocycles. The first-order chi connectivity index (χ1) is 19.5. The number of hydrogen-bond acceptors (Lipinski definition) is 6. The van der Waals surface area contributed by atoms with Crippen LogP contribution in [0, 0.1) is 0 Å². The minimum Gasteiger partial charge on any atom is -0.490 e. The van der Waals surface area contributed by atoms with Crippen LogP contribution < -0.4 is 15.4 Å². The summed E-state index contributed by atoms with van der Waals surface area (Å²) in [7, 11) is 0. The van der Waals surface area contributed by atoms with Crippen LogP contribution >= 0.6 is 0 Å². The molecule has 9 heteroatoms. The number of rotatable bonds is 5. The zero-order valence-corrected chi connectivity index (χ0v) is 22.6. The van der Waals surface area contributed by atoms with Crippen LogP contribution in [0.1, 0.15) is 72.3 Å². The predicted octanol–water partition coefficient (Wildman–Crippen LogP) is 3.72. The number of benzene rings is 2. The third-order valence-electron chi connectivity index (χ3n) is 8.26. The molecule has 3 aromatic rings. The van der Waals surface area contributed by atoms with Crippen molar-refractivity contribution >= 4 is 17.7 Å². The fourth-order valence-corrected chi connectivity index (χ4v) is 5.84. The minimum absolute atomic E-state index is 0.145. The van der Waals surface area contributed by atoms with Crippen molar-refractivity contribution in [3.8, 4) is 11.4 Å². The fourth-order valence-electron chi connectivity index (χ4n) is 5.84. The van der Waals surface area contributed by atoms with Crippen LogP contribution in [0.15, 0.2) is 60.9 Å². The van der Waals surface area contributed by atoms with Crippen LogP contribution in [-0.4, -0.2) is 57.6 Å². The number of carbonyl (C=O) groups is 3. The summed E-state index contributed by atoms with van der Waals surface area (Å²) < 4.78 is 7.96. The molecule has 1 aromatic heterocycles. The molecule has 1 unspecified atom stereocenters. The van der Waals surface area contributed by atoms with E-state index in [1.165, 1.54) is 24.8 Å². The molecule has 4 aliphatic rings. The molecule has 0 bridgehead atoms. The maximum absolute atomic E-state index is 12.6. The number of carbonyl (C=O) groups excluding carboxylic acids is 3. The Hall–Kier alpha value is -3.98. The van der Waals surface area contributed by atoms with Crippen molar-refractivity contribution in [1.82, 2.24) is 25.3 Å². The van der Waals surface area contributed by atoms with E-state index in [-0.39, 0.29) is 30.2 Å². The first-order valence-electron chi connectivity index (χ1n) is 14.3. The molecular weight excluding hydrogens is 506 g/mol. The van der Waals surface area contributed by atoms with Crippen LogP contribution in [0.25, 0.3) is 5.69 Å². The van der Waals surface area contributed by atoms with E-state index in [0.717, 1.165) is 42.9 Å². The normalized spacial score (nSPS) is 21.2. The van der Waals surface area contributed by atoms with E-state index in [1.807, 2.05) is 29.1 Å². The number of hydrogen-bond donors (Lipinski definition) is 2. The number of ether oxygens (including phenoxy) is 1. The molecule has 208 valence electrons. The van der Waals surface area contributed by atoms with Crippen molar-refractivity contribution in [2.75, 3.05) is 13.1 Å². The van der Waals surface area contributed by atoms with Gasteiger partial charge in [-0.2, -0.15) is 5.10 Å². The molecule has 7 rings (SSSR count). The highest BCUT2D eigenvalue weighted by atomic mass is 16.5. The summed E-state index contributed by atoms with van der Waals surface area (Å²) >= 11 is 0. The zero-order valence-electron chi connectivity index (χ0n) is 22.6. The number of fused-ring (bicyclic) bond motifs is 1. The SMILES string of the molecule is O=C1CCC(N2Cc3cc(OC4CCCCC4)ccc3C2=O)C(=O)N1.c1cnn(-c2ccc(C3CNC3)cc2)c1. The molecule has 2 aromatic carbocycles. The van der Waals surface area contributed by atoms with E-state index in [1.54, 1.807) is 17.2 Å². The lowest BCUT2D eigenvalue weighted by Crippen LogP contribution is -2.52. The molecule has 0 spiro atoms. The molecule has 2 N–H and O–H groups in total. The second-order valence-electron chi connectivity index (χ2n) is 11.0. The summed E-state index contributed by atoms with van der Waals surface area (Å²) in [5.74, 6) is 0.707. The van der Waals surface area contributed by atoms with Crippen LogP contribution in [0.3, 0.4) is 0 Å². The molecule has 1 aliphatic carbocycles. The second-order valence-corrected chi connectivity index (χ2v) is 11.0. The first-order valence-corrected chi connectivity index (χ1v) is 14.3. The van der Waals surface area contributed by atoms with Gasteiger partial charge in [-0.05, 0) is 79.6 Å². The average Bonchev–Trinajstić information content (AvgIpc) is 3.58. The van der Waals surface area contributed by atoms with Gasteiger partial charge in [0.2, 0.25) is 11.8 Å². The summed E-state index contributed by atoms with van der Waals surface area (Å²) in [6, 6.07) is 15.6. The number of nitrogens with zero attached hydrogens (tertiary/aromatic N) is 3. The minimum atomic E-state index is -0.569. The molecule has 3 fully saturated rings. The number of nitrogens with one attached hydrogen (secondary N) is 2. The summed E-state index contributed by atoms with van der Waals surface area (Å²) in [4.78, 5) is 37.6. The van der Waals surface area contributed by atoms with Gasteiger partial charge >= 0.3 is 0 Å². The lowest BCUT2D eigenvalue weighted by Gasteiger charge is -2.29. The van der Waals surface area contributed by atoms with Crippen molar-refractivity contribution in [2.45, 2.75) is 69.6 Å². The Morgan fingerprint density at radius 2 is 1.73 bits per heavy atom. The number of piperidine rings is 1. The van der Waals surface area contributed by atoms with Gasteiger partial charge in [0, 0.05) is 49.9 Å². The summed E-state index contributed by atoms with van der Waals surface area (Å²) in [5, 5.41) is 9.81. The third kappa shape index (κ3) is 5.65. The lowest BCUT2D eigenvalue weighted by molar-refractivity contribution is -0.136. The monoisotopic (exact) mass is 541 g/mol. The summed E-state index contributed by atoms with van der Waals surface area (Å²) in [6.45, 7) is 2.62. The highest BCUT2D eigenvalue weighted by Crippen LogP contribution is 2.31. The molecule has 0 radical (unpaired) electrons. The molecule has 3 amide bonds. The Bertz CT molecular complexity index is 1360. The van der Waals surface area contributed by atoms with Crippen molar-refractivity contribution in [3.05, 3.63) is 77.6 Å². The van der Waals surface area contributed by atoms with Crippen LogP contribution in [0.5, 0.6) is 5.75 Å². The Morgan fingerprint density at radius 3 is 2.40 bits per heavy atom. The standard InChI is InChI=1S/C19H22N2O4.C12H13N3/c22-17-9-8-16(18(23)20-17)21-11-12-10-14(6-7-15(12)19(21)24)25-13-4-2-1-3-5-13;1-6-14-15(7-1)12-4-2-10(3-5-12)11-8-13-9-11/h6-7,10,13,16H,1-5,8-9,11H2,(H,20,22,23);1-7,11,13H,8-9H2. The topological polar surface area (TPSA) is 106 Å². The molecule has 2 saturated heterocycles. The van der Waals surface area contributed by atoms with E-state index >= 15 is 0 Å². The molecular formula is C31H35N5O4. The predicted molar refractivity (Wildman–Crippen MR) is 149 cm³/mol. The van der Waals surface area contributed by atoms with Crippen molar-refractivity contribution in [1.29, 1.82) is 0 Å². The van der Waals surface area contributed by atoms with Crippen LogP contribution in [0.4, 0.5) is 0 Å². The Balaban J connectivity index is 0.000000164. The molecule has 40 heavy (non-hydrogen) atoms. The van der Waals surface area contributed by atoms with Crippen molar-refractivity contribution in [2.24, 2.45) is 0 Å². The lowest BCUT2D eigenvalue weighted by atomic mass is 9.94.